The number of nitrogens with zero attached hydrogens (tertiary/aromatic N) is 3. The first kappa shape index (κ1) is 25.2. The number of rotatable bonds is 7. The van der Waals surface area contributed by atoms with Gasteiger partial charge in [-0.25, -0.2) is 9.78 Å². The van der Waals surface area contributed by atoms with E-state index in [-0.39, 0.29) is 34.2 Å². The van der Waals surface area contributed by atoms with Crippen molar-refractivity contribution in [2.24, 2.45) is 5.16 Å². The van der Waals surface area contributed by atoms with Crippen molar-refractivity contribution in [1.82, 2.24) is 25.8 Å². The van der Waals surface area contributed by atoms with E-state index in [1.54, 1.807) is 0 Å². The number of carboxylic acid groups (broad SMARTS) is 1. The first-order valence-corrected chi connectivity index (χ1v) is 13.6. The van der Waals surface area contributed by atoms with Gasteiger partial charge in [0.25, 0.3) is 11.8 Å². The largest absolute Gasteiger partial charge is 0.477 e. The van der Waals surface area contributed by atoms with Crippen LogP contribution in [-0.4, -0.2) is 85.9 Å². The van der Waals surface area contributed by atoms with E-state index in [2.05, 4.69) is 26.1 Å². The van der Waals surface area contributed by atoms with E-state index >= 15 is 0 Å². The third-order valence-electron chi connectivity index (χ3n) is 6.81. The summed E-state index contributed by atoms with van der Waals surface area (Å²) in [5.41, 5.74) is 6.77. The summed E-state index contributed by atoms with van der Waals surface area (Å²) in [6.07, 6.45) is 2.90. The molecule has 0 radical (unpaired) electrons. The quantitative estimate of drug-likeness (QED) is 0.0858. The highest BCUT2D eigenvalue weighted by atomic mass is 32.2. The van der Waals surface area contributed by atoms with Crippen molar-refractivity contribution in [3.05, 3.63) is 33.5 Å². The Kier molecular flexibility index (Phi) is 6.92. The number of amides is 3. The number of β-lactam (4-membered cyclic amide) rings is 1. The van der Waals surface area contributed by atoms with Crippen LogP contribution in [0.25, 0.3) is 0 Å². The number of hydrogen-bond acceptors (Lipinski definition) is 11. The van der Waals surface area contributed by atoms with Crippen molar-refractivity contribution >= 4 is 57.6 Å². The highest BCUT2D eigenvalue weighted by Gasteiger charge is 2.55. The zero-order valence-electron chi connectivity index (χ0n) is 19.5. The molecule has 3 fully saturated rings. The van der Waals surface area contributed by atoms with Crippen molar-refractivity contribution in [2.75, 3.05) is 24.6 Å². The number of hydrogen-bond donors (Lipinski definition) is 6. The van der Waals surface area contributed by atoms with Crippen LogP contribution in [0.2, 0.25) is 0 Å². The van der Waals surface area contributed by atoms with Gasteiger partial charge in [0.1, 0.15) is 22.8 Å². The summed E-state index contributed by atoms with van der Waals surface area (Å²) >= 11 is 2.37. The maximum Gasteiger partial charge on any atom is 0.352 e. The molecule has 196 valence electrons. The Morgan fingerprint density at radius 3 is 2.73 bits per heavy atom. The van der Waals surface area contributed by atoms with Gasteiger partial charge in [-0.1, -0.05) is 5.16 Å². The molecule has 0 aromatic carbocycles. The van der Waals surface area contributed by atoms with Crippen molar-refractivity contribution < 1.29 is 29.5 Å². The zero-order chi connectivity index (χ0) is 26.3. The van der Waals surface area contributed by atoms with Gasteiger partial charge < -0.3 is 32.0 Å². The molecule has 37 heavy (non-hydrogen) atoms. The first-order chi connectivity index (χ1) is 17.8. The van der Waals surface area contributed by atoms with Crippen LogP contribution in [0.4, 0.5) is 5.13 Å². The number of nitrogens with one attached hydrogen (secondary N) is 3. The third kappa shape index (κ3) is 4.57. The SMILES string of the molecule is Nc1nc(C(=NO)C(=O)N[C@@H]2C(=O)N3C(C(=O)O)=C(C(CC4CCCN4)=C4CCNC4=O)CS[C@H]23)cs1. The lowest BCUT2D eigenvalue weighted by atomic mass is 9.90. The molecule has 0 saturated carbocycles. The van der Waals surface area contributed by atoms with Gasteiger partial charge in [-0.05, 0) is 43.4 Å². The van der Waals surface area contributed by atoms with Gasteiger partial charge in [0, 0.05) is 29.3 Å². The van der Waals surface area contributed by atoms with Crippen LogP contribution < -0.4 is 21.7 Å². The minimum Gasteiger partial charge on any atom is -0.477 e. The Morgan fingerprint density at radius 2 is 2.14 bits per heavy atom. The number of carboxylic acids is 1. The van der Waals surface area contributed by atoms with Gasteiger partial charge in [0.05, 0.1) is 0 Å². The predicted molar refractivity (Wildman–Crippen MR) is 135 cm³/mol. The molecule has 13 nitrogen and oxygen atoms in total. The zero-order valence-corrected chi connectivity index (χ0v) is 21.2. The summed E-state index contributed by atoms with van der Waals surface area (Å²) < 4.78 is 0. The molecule has 4 aliphatic heterocycles. The molecule has 7 N–H and O–H groups in total. The molecule has 5 heterocycles. The lowest BCUT2D eigenvalue weighted by Crippen LogP contribution is -2.71. The fourth-order valence-corrected chi connectivity index (χ4v) is 7.02. The van der Waals surface area contributed by atoms with E-state index in [1.807, 2.05) is 0 Å². The molecule has 3 atom stereocenters. The second-order valence-corrected chi connectivity index (χ2v) is 11.0. The molecule has 4 aliphatic rings. The average Bonchev–Trinajstić information content (AvgIpc) is 3.64. The molecule has 3 amide bonds. The van der Waals surface area contributed by atoms with Crippen LogP contribution >= 0.6 is 23.1 Å². The third-order valence-corrected chi connectivity index (χ3v) is 8.77. The van der Waals surface area contributed by atoms with Gasteiger partial charge in [0.2, 0.25) is 5.91 Å². The fraction of sp³-hybridized carbons (Fsp3) is 0.455. The summed E-state index contributed by atoms with van der Waals surface area (Å²) in [7, 11) is 0. The lowest BCUT2D eigenvalue weighted by Gasteiger charge is -2.49. The van der Waals surface area contributed by atoms with Crippen molar-refractivity contribution in [2.45, 2.75) is 43.1 Å². The Morgan fingerprint density at radius 1 is 1.32 bits per heavy atom. The Labute approximate surface area is 219 Å². The number of fused-ring (bicyclic) bond motifs is 1. The number of aromatic nitrogens is 1. The number of thioether (sulfide) groups is 1. The second kappa shape index (κ2) is 10.1. The molecular formula is C22H25N7O6S2. The number of thiazole rings is 1. The smallest absolute Gasteiger partial charge is 0.352 e. The van der Waals surface area contributed by atoms with Crippen LogP contribution in [0.1, 0.15) is 31.4 Å². The number of aliphatic carboxylic acids is 1. The maximum atomic E-state index is 13.2. The van der Waals surface area contributed by atoms with Crippen LogP contribution in [0.3, 0.4) is 0 Å². The molecule has 0 aliphatic carbocycles. The van der Waals surface area contributed by atoms with Crippen molar-refractivity contribution in [1.29, 1.82) is 0 Å². The molecule has 1 unspecified atom stereocenters. The molecule has 1 aromatic rings. The Bertz CT molecular complexity index is 1270. The van der Waals surface area contributed by atoms with Crippen LogP contribution in [0.15, 0.2) is 33.0 Å². The predicted octanol–water partition coefficient (Wildman–Crippen LogP) is -0.399. The van der Waals surface area contributed by atoms with Gasteiger partial charge in [-0.15, -0.1) is 23.1 Å². The molecule has 0 spiro atoms. The summed E-state index contributed by atoms with van der Waals surface area (Å²) in [6.45, 7) is 1.34. The van der Waals surface area contributed by atoms with E-state index in [9.17, 15) is 29.5 Å². The molecular weight excluding hydrogens is 522 g/mol. The highest BCUT2D eigenvalue weighted by Crippen LogP contribution is 2.44. The van der Waals surface area contributed by atoms with Gasteiger partial charge in [-0.3, -0.25) is 19.3 Å². The van der Waals surface area contributed by atoms with E-state index in [0.717, 1.165) is 30.7 Å². The minimum absolute atomic E-state index is 0.0578. The van der Waals surface area contributed by atoms with Crippen LogP contribution in [-0.2, 0) is 19.2 Å². The summed E-state index contributed by atoms with van der Waals surface area (Å²) in [6, 6.07) is -0.903. The molecule has 1 aromatic heterocycles. The van der Waals surface area contributed by atoms with E-state index < -0.39 is 34.9 Å². The normalized spacial score (nSPS) is 27.1. The van der Waals surface area contributed by atoms with Crippen molar-refractivity contribution in [3.8, 4) is 0 Å². The van der Waals surface area contributed by atoms with Crippen LogP contribution in [0.5, 0.6) is 0 Å². The summed E-state index contributed by atoms with van der Waals surface area (Å²) in [5, 5.41) is 32.2. The number of oxime groups is 1. The molecule has 0 bridgehead atoms. The number of nitrogens with two attached hydrogens (primary N) is 1. The highest BCUT2D eigenvalue weighted by molar-refractivity contribution is 8.00. The fourth-order valence-electron chi connectivity index (χ4n) is 5.08. The molecule has 5 rings (SSSR count). The van der Waals surface area contributed by atoms with E-state index in [1.165, 1.54) is 22.0 Å². The number of carbonyl (C=O) groups excluding carboxylic acids is 3. The minimum atomic E-state index is -1.27. The lowest BCUT2D eigenvalue weighted by molar-refractivity contribution is -0.150. The first-order valence-electron chi connectivity index (χ1n) is 11.7. The summed E-state index contributed by atoms with van der Waals surface area (Å²) in [4.78, 5) is 56.0. The van der Waals surface area contributed by atoms with E-state index in [0.29, 0.717) is 36.1 Å². The second-order valence-electron chi connectivity index (χ2n) is 8.97. The topological polar surface area (TPSA) is 199 Å². The Balaban J connectivity index is 1.42. The average molecular weight is 548 g/mol. The summed E-state index contributed by atoms with van der Waals surface area (Å²) in [5.74, 6) is -2.67. The Hall–Kier alpha value is -3.43. The number of anilines is 1. The van der Waals surface area contributed by atoms with Gasteiger partial charge >= 0.3 is 5.97 Å². The standard InChI is InChI=1S/C22H25N7O6S2/c23-22-26-13(8-37-22)14(28-35)18(31)27-15-19(32)29-16(21(33)34)12(7-36-20(15)29)11(6-9-2-1-4-24-9)10-3-5-25-17(10)30/h8-9,15,20,24,35H,1-7H2,(H2,23,26)(H,25,30)(H,27,31)(H,33,34)/t9?,15-,20-/m1/s1. The number of carbonyl (C=O) groups is 4. The van der Waals surface area contributed by atoms with E-state index in [4.69, 9.17) is 5.73 Å². The van der Waals surface area contributed by atoms with Crippen LogP contribution in [0, 0.1) is 0 Å². The van der Waals surface area contributed by atoms with Gasteiger partial charge in [0.15, 0.2) is 10.8 Å². The molecule has 15 heteroatoms. The van der Waals surface area contributed by atoms with Gasteiger partial charge in [-0.2, -0.15) is 0 Å². The molecule has 3 saturated heterocycles. The number of nitrogen functional groups attached to an aromatic ring is 1. The maximum absolute atomic E-state index is 13.2. The van der Waals surface area contributed by atoms with Crippen molar-refractivity contribution in [3.63, 3.8) is 0 Å². The monoisotopic (exact) mass is 547 g/mol.